The molecule has 1 aromatic heterocycles. The molecule has 0 atom stereocenters. The van der Waals surface area contributed by atoms with Crippen molar-refractivity contribution in [2.75, 3.05) is 20.1 Å². The number of hydrogen-bond donors (Lipinski definition) is 1. The van der Waals surface area contributed by atoms with Crippen molar-refractivity contribution in [3.63, 3.8) is 0 Å². The van der Waals surface area contributed by atoms with Crippen molar-refractivity contribution >= 4 is 5.96 Å². The monoisotopic (exact) mass is 316 g/mol. The zero-order chi connectivity index (χ0) is 16.3. The second-order valence-electron chi connectivity index (χ2n) is 7.10. The summed E-state index contributed by atoms with van der Waals surface area (Å²) in [6.07, 6.45) is 7.52. The molecule has 23 heavy (non-hydrogen) atoms. The van der Waals surface area contributed by atoms with Crippen LogP contribution in [0.25, 0.3) is 0 Å². The number of likely N-dealkylation sites (tertiary alicyclic amines) is 1. The zero-order valence-corrected chi connectivity index (χ0v) is 14.5. The van der Waals surface area contributed by atoms with E-state index in [0.29, 0.717) is 11.3 Å². The minimum absolute atomic E-state index is 0.152. The van der Waals surface area contributed by atoms with Gasteiger partial charge in [-0.3, -0.25) is 4.99 Å². The lowest BCUT2D eigenvalue weighted by Gasteiger charge is -2.38. The predicted molar refractivity (Wildman–Crippen MR) is 92.7 cm³/mol. The summed E-state index contributed by atoms with van der Waals surface area (Å²) in [6.45, 7) is 7.04. The molecular weight excluding hydrogens is 288 g/mol. The minimum atomic E-state index is 0.152. The van der Waals surface area contributed by atoms with Gasteiger partial charge in [0.2, 0.25) is 5.88 Å². The van der Waals surface area contributed by atoms with Crippen LogP contribution in [0.3, 0.4) is 0 Å². The van der Waals surface area contributed by atoms with E-state index in [9.17, 15) is 0 Å². The van der Waals surface area contributed by atoms with Gasteiger partial charge in [0.15, 0.2) is 5.96 Å². The van der Waals surface area contributed by atoms with Gasteiger partial charge >= 0.3 is 0 Å². The van der Waals surface area contributed by atoms with Gasteiger partial charge in [-0.15, -0.1) is 0 Å². The maximum absolute atomic E-state index is 5.58. The van der Waals surface area contributed by atoms with Gasteiger partial charge in [0.25, 0.3) is 0 Å². The Bertz CT molecular complexity index is 549. The van der Waals surface area contributed by atoms with Gasteiger partial charge in [0.1, 0.15) is 0 Å². The molecular formula is C18H28N4O. The predicted octanol–water partition coefficient (Wildman–Crippen LogP) is 2.82. The highest BCUT2D eigenvalue weighted by Gasteiger charge is 2.43. The van der Waals surface area contributed by atoms with Gasteiger partial charge in [0.05, 0.1) is 6.10 Å². The average Bonchev–Trinajstić information content (AvgIpc) is 2.95. The van der Waals surface area contributed by atoms with Gasteiger partial charge in [-0.1, -0.05) is 12.5 Å². The van der Waals surface area contributed by atoms with Gasteiger partial charge in [-0.25, -0.2) is 4.98 Å². The third-order valence-corrected chi connectivity index (χ3v) is 4.97. The minimum Gasteiger partial charge on any atom is -0.475 e. The molecule has 1 spiro atoms. The number of guanidine groups is 1. The fraction of sp³-hybridized carbons (Fsp3) is 0.667. The number of aromatic nitrogens is 1. The molecule has 1 saturated heterocycles. The van der Waals surface area contributed by atoms with Crippen LogP contribution in [-0.4, -0.2) is 42.1 Å². The fourth-order valence-corrected chi connectivity index (χ4v) is 3.54. The molecule has 1 aromatic rings. The summed E-state index contributed by atoms with van der Waals surface area (Å²) in [4.78, 5) is 11.2. The molecule has 5 nitrogen and oxygen atoms in total. The Hall–Kier alpha value is -1.78. The van der Waals surface area contributed by atoms with Crippen LogP contribution in [0.1, 0.15) is 45.1 Å². The van der Waals surface area contributed by atoms with E-state index in [1.807, 2.05) is 33.2 Å². The number of nitrogens with zero attached hydrogens (tertiary/aromatic N) is 3. The zero-order valence-electron chi connectivity index (χ0n) is 14.5. The van der Waals surface area contributed by atoms with E-state index in [-0.39, 0.29) is 6.10 Å². The molecule has 0 unspecified atom stereocenters. The van der Waals surface area contributed by atoms with E-state index in [1.165, 1.54) is 25.7 Å². The van der Waals surface area contributed by atoms with E-state index < -0.39 is 0 Å². The maximum atomic E-state index is 5.58. The molecule has 2 aliphatic rings. The Morgan fingerprint density at radius 2 is 2.22 bits per heavy atom. The third-order valence-electron chi connectivity index (χ3n) is 4.97. The Labute approximate surface area is 139 Å². The Morgan fingerprint density at radius 3 is 2.74 bits per heavy atom. The van der Waals surface area contributed by atoms with E-state index in [2.05, 4.69) is 26.3 Å². The number of nitrogens with one attached hydrogen (secondary N) is 1. The van der Waals surface area contributed by atoms with Crippen LogP contribution in [0.5, 0.6) is 5.88 Å². The van der Waals surface area contributed by atoms with E-state index in [4.69, 9.17) is 4.74 Å². The molecule has 0 aromatic carbocycles. The quantitative estimate of drug-likeness (QED) is 0.685. The average molecular weight is 316 g/mol. The summed E-state index contributed by atoms with van der Waals surface area (Å²) in [6, 6.07) is 3.99. The summed E-state index contributed by atoms with van der Waals surface area (Å²) >= 11 is 0. The van der Waals surface area contributed by atoms with Crippen molar-refractivity contribution in [1.82, 2.24) is 15.2 Å². The highest BCUT2D eigenvalue weighted by Crippen LogP contribution is 2.47. The highest BCUT2D eigenvalue weighted by atomic mass is 16.5. The van der Waals surface area contributed by atoms with E-state index in [1.54, 1.807) is 0 Å². The van der Waals surface area contributed by atoms with Crippen molar-refractivity contribution < 1.29 is 4.74 Å². The summed E-state index contributed by atoms with van der Waals surface area (Å²) in [5, 5.41) is 3.47. The molecule has 2 heterocycles. The van der Waals surface area contributed by atoms with Gasteiger partial charge < -0.3 is 15.0 Å². The van der Waals surface area contributed by atoms with Crippen molar-refractivity contribution in [1.29, 1.82) is 0 Å². The number of aliphatic imine (C=N–C) groups is 1. The van der Waals surface area contributed by atoms with Crippen LogP contribution in [0, 0.1) is 5.41 Å². The molecule has 3 rings (SSSR count). The van der Waals surface area contributed by atoms with Crippen LogP contribution in [0.2, 0.25) is 0 Å². The lowest BCUT2D eigenvalue weighted by Crippen LogP contribution is -2.42. The lowest BCUT2D eigenvalue weighted by atomic mass is 9.68. The van der Waals surface area contributed by atoms with Gasteiger partial charge in [-0.2, -0.15) is 0 Å². The van der Waals surface area contributed by atoms with Crippen molar-refractivity contribution in [3.05, 3.63) is 23.9 Å². The van der Waals surface area contributed by atoms with E-state index >= 15 is 0 Å². The smallest absolute Gasteiger partial charge is 0.213 e. The second-order valence-corrected chi connectivity index (χ2v) is 7.10. The molecule has 0 radical (unpaired) electrons. The SMILES string of the molecule is CN=C(NCc1ccc(OC(C)C)nc1)N1CCC2(CCC2)C1. The largest absolute Gasteiger partial charge is 0.475 e. The molecule has 1 aliphatic carbocycles. The van der Waals surface area contributed by atoms with Crippen LogP contribution < -0.4 is 10.1 Å². The van der Waals surface area contributed by atoms with Crippen LogP contribution in [0.4, 0.5) is 0 Å². The summed E-state index contributed by atoms with van der Waals surface area (Å²) in [5.74, 6) is 1.69. The first-order chi connectivity index (χ1) is 11.1. The van der Waals surface area contributed by atoms with Crippen LogP contribution in [-0.2, 0) is 6.54 Å². The molecule has 0 bridgehead atoms. The standard InChI is InChI=1S/C18H28N4O/c1-14(2)23-16-6-5-15(11-20-16)12-21-17(19-3)22-10-9-18(13-22)7-4-8-18/h5-6,11,14H,4,7-10,12-13H2,1-3H3,(H,19,21). The summed E-state index contributed by atoms with van der Waals surface area (Å²) in [5.41, 5.74) is 1.73. The number of ether oxygens (including phenoxy) is 1. The Balaban J connectivity index is 1.52. The molecule has 5 heteroatoms. The second kappa shape index (κ2) is 6.77. The topological polar surface area (TPSA) is 49.8 Å². The Kier molecular flexibility index (Phi) is 4.74. The normalized spacial score (nSPS) is 20.0. The van der Waals surface area contributed by atoms with Gasteiger partial charge in [0, 0.05) is 38.9 Å². The molecule has 1 aliphatic heterocycles. The summed E-state index contributed by atoms with van der Waals surface area (Å²) in [7, 11) is 1.87. The van der Waals surface area contributed by atoms with Crippen LogP contribution >= 0.6 is 0 Å². The Morgan fingerprint density at radius 1 is 1.39 bits per heavy atom. The molecule has 1 saturated carbocycles. The van der Waals surface area contributed by atoms with Crippen LogP contribution in [0.15, 0.2) is 23.3 Å². The number of rotatable bonds is 4. The lowest BCUT2D eigenvalue weighted by molar-refractivity contribution is 0.151. The maximum Gasteiger partial charge on any atom is 0.213 e. The van der Waals surface area contributed by atoms with Crippen molar-refractivity contribution in [2.24, 2.45) is 10.4 Å². The fourth-order valence-electron chi connectivity index (χ4n) is 3.54. The molecule has 2 fully saturated rings. The first kappa shape index (κ1) is 16.1. The highest BCUT2D eigenvalue weighted by molar-refractivity contribution is 5.80. The molecule has 1 N–H and O–H groups in total. The summed E-state index contributed by atoms with van der Waals surface area (Å²) < 4.78 is 5.58. The third kappa shape index (κ3) is 3.77. The first-order valence-corrected chi connectivity index (χ1v) is 8.67. The number of pyridine rings is 1. The molecule has 0 amide bonds. The van der Waals surface area contributed by atoms with Crippen molar-refractivity contribution in [2.45, 2.75) is 52.2 Å². The van der Waals surface area contributed by atoms with E-state index in [0.717, 1.165) is 31.2 Å². The van der Waals surface area contributed by atoms with Gasteiger partial charge in [-0.05, 0) is 44.1 Å². The van der Waals surface area contributed by atoms with Crippen molar-refractivity contribution in [3.8, 4) is 5.88 Å². The first-order valence-electron chi connectivity index (χ1n) is 8.67. The molecule has 126 valence electrons. The number of hydrogen-bond acceptors (Lipinski definition) is 3.